The number of pyridine rings is 1. The fourth-order valence-electron chi connectivity index (χ4n) is 3.58. The molecule has 1 fully saturated rings. The number of aromatic nitrogens is 3. The lowest BCUT2D eigenvalue weighted by molar-refractivity contribution is 0.315. The predicted octanol–water partition coefficient (Wildman–Crippen LogP) is 3.24. The Morgan fingerprint density at radius 2 is 1.75 bits per heavy atom. The molecule has 6 nitrogen and oxygen atoms in total. The lowest BCUT2D eigenvalue weighted by Crippen LogP contribution is -2.32. The average molecular weight is 374 g/mol. The van der Waals surface area contributed by atoms with Crippen molar-refractivity contribution < 1.29 is 0 Å². The smallest absolute Gasteiger partial charge is 0.225 e. The molecule has 1 aromatic carbocycles. The van der Waals surface area contributed by atoms with Crippen LogP contribution in [0.4, 0.5) is 11.8 Å². The molecule has 6 heteroatoms. The molecule has 1 unspecified atom stereocenters. The summed E-state index contributed by atoms with van der Waals surface area (Å²) in [5, 5.41) is 0. The van der Waals surface area contributed by atoms with E-state index in [2.05, 4.69) is 60.1 Å². The molecule has 0 amide bonds. The molecule has 4 rings (SSSR count). The van der Waals surface area contributed by atoms with Crippen molar-refractivity contribution in [2.45, 2.75) is 19.4 Å². The van der Waals surface area contributed by atoms with Crippen LogP contribution in [0.2, 0.25) is 0 Å². The van der Waals surface area contributed by atoms with Gasteiger partial charge >= 0.3 is 0 Å². The van der Waals surface area contributed by atoms with E-state index in [-0.39, 0.29) is 0 Å². The second-order valence-electron chi connectivity index (χ2n) is 7.62. The second-order valence-corrected chi connectivity index (χ2v) is 7.62. The molecule has 144 valence electrons. The molecule has 3 aromatic rings. The van der Waals surface area contributed by atoms with Gasteiger partial charge in [-0.05, 0) is 39.6 Å². The van der Waals surface area contributed by atoms with Gasteiger partial charge in [-0.1, -0.05) is 29.8 Å². The van der Waals surface area contributed by atoms with Crippen LogP contribution in [0.3, 0.4) is 0 Å². The van der Waals surface area contributed by atoms with Crippen molar-refractivity contribution in [2.24, 2.45) is 0 Å². The van der Waals surface area contributed by atoms with Crippen LogP contribution in [0.25, 0.3) is 22.4 Å². The number of hydrogen-bond acceptors (Lipinski definition) is 6. The van der Waals surface area contributed by atoms with Crippen molar-refractivity contribution in [1.82, 2.24) is 19.9 Å². The summed E-state index contributed by atoms with van der Waals surface area (Å²) in [6.07, 6.45) is 4.82. The summed E-state index contributed by atoms with van der Waals surface area (Å²) in [6.45, 7) is 4.01. The van der Waals surface area contributed by atoms with E-state index in [0.29, 0.717) is 11.9 Å². The van der Waals surface area contributed by atoms with E-state index in [4.69, 9.17) is 15.7 Å². The third-order valence-electron chi connectivity index (χ3n) is 5.37. The Labute approximate surface area is 166 Å². The molecule has 1 aliphatic heterocycles. The van der Waals surface area contributed by atoms with Crippen molar-refractivity contribution in [3.8, 4) is 22.4 Å². The van der Waals surface area contributed by atoms with Crippen molar-refractivity contribution in [1.29, 1.82) is 0 Å². The minimum atomic E-state index is 0.505. The van der Waals surface area contributed by atoms with E-state index < -0.39 is 0 Å². The maximum atomic E-state index is 5.76. The van der Waals surface area contributed by atoms with Gasteiger partial charge in [-0.15, -0.1) is 0 Å². The lowest BCUT2D eigenvalue weighted by Gasteiger charge is -2.21. The van der Waals surface area contributed by atoms with Gasteiger partial charge in [0, 0.05) is 48.2 Å². The highest BCUT2D eigenvalue weighted by Gasteiger charge is 2.26. The topological polar surface area (TPSA) is 71.2 Å². The van der Waals surface area contributed by atoms with Crippen LogP contribution in [-0.2, 0) is 0 Å². The Kier molecular flexibility index (Phi) is 4.96. The van der Waals surface area contributed by atoms with E-state index in [1.54, 1.807) is 6.20 Å². The number of nitrogen functional groups attached to an aromatic ring is 1. The lowest BCUT2D eigenvalue weighted by atomic mass is 10.0. The Morgan fingerprint density at radius 1 is 1.00 bits per heavy atom. The van der Waals surface area contributed by atoms with E-state index in [0.717, 1.165) is 47.8 Å². The molecule has 1 atom stereocenters. The first-order valence-corrected chi connectivity index (χ1v) is 9.58. The van der Waals surface area contributed by atoms with Crippen LogP contribution in [-0.4, -0.2) is 53.1 Å². The Balaban J connectivity index is 1.76. The molecule has 0 bridgehead atoms. The van der Waals surface area contributed by atoms with Gasteiger partial charge in [0.25, 0.3) is 0 Å². The third kappa shape index (κ3) is 3.68. The molecule has 3 heterocycles. The van der Waals surface area contributed by atoms with Gasteiger partial charge < -0.3 is 15.5 Å². The maximum absolute atomic E-state index is 5.76. The number of aryl methyl sites for hydroxylation is 1. The predicted molar refractivity (Wildman–Crippen MR) is 114 cm³/mol. The molecule has 1 saturated heterocycles. The summed E-state index contributed by atoms with van der Waals surface area (Å²) < 4.78 is 0. The molecule has 2 aromatic heterocycles. The minimum Gasteiger partial charge on any atom is -0.384 e. The summed E-state index contributed by atoms with van der Waals surface area (Å²) in [7, 11) is 4.26. The van der Waals surface area contributed by atoms with E-state index >= 15 is 0 Å². The fourth-order valence-corrected chi connectivity index (χ4v) is 3.58. The van der Waals surface area contributed by atoms with Gasteiger partial charge in [0.15, 0.2) is 0 Å². The van der Waals surface area contributed by atoms with Crippen LogP contribution in [0, 0.1) is 6.92 Å². The number of hydrogen-bond donors (Lipinski definition) is 1. The van der Waals surface area contributed by atoms with Crippen LogP contribution in [0.5, 0.6) is 0 Å². The first-order valence-electron chi connectivity index (χ1n) is 9.58. The highest BCUT2D eigenvalue weighted by Crippen LogP contribution is 2.32. The quantitative estimate of drug-likeness (QED) is 0.756. The molecular formula is C22H26N6. The van der Waals surface area contributed by atoms with Gasteiger partial charge in [-0.25, -0.2) is 15.0 Å². The summed E-state index contributed by atoms with van der Waals surface area (Å²) in [4.78, 5) is 18.5. The molecule has 0 radical (unpaired) electrons. The SMILES string of the molecule is Cc1ccc(-c2nc(N3CCC(N(C)C)C3)ncc2-c2ccc(N)nc2)cc1. The Hall–Kier alpha value is -2.99. The highest BCUT2D eigenvalue weighted by molar-refractivity contribution is 5.81. The van der Waals surface area contributed by atoms with Gasteiger partial charge in [-0.2, -0.15) is 0 Å². The number of anilines is 2. The number of nitrogens with two attached hydrogens (primary N) is 1. The molecular weight excluding hydrogens is 348 g/mol. The molecule has 0 spiro atoms. The third-order valence-corrected chi connectivity index (χ3v) is 5.37. The number of nitrogens with zero attached hydrogens (tertiary/aromatic N) is 5. The number of benzene rings is 1. The molecule has 2 N–H and O–H groups in total. The van der Waals surface area contributed by atoms with E-state index in [1.807, 2.05) is 18.3 Å². The minimum absolute atomic E-state index is 0.505. The zero-order chi connectivity index (χ0) is 19.7. The largest absolute Gasteiger partial charge is 0.384 e. The standard InChI is InChI=1S/C22H26N6/c1-15-4-6-16(7-5-15)21-19(17-8-9-20(23)24-12-17)13-25-22(26-21)28-11-10-18(14-28)27(2)3/h4-9,12-13,18H,10-11,14H2,1-3H3,(H2,23,24). The van der Waals surface area contributed by atoms with Crippen molar-refractivity contribution in [2.75, 3.05) is 37.8 Å². The van der Waals surface area contributed by atoms with Crippen LogP contribution in [0.15, 0.2) is 48.8 Å². The monoisotopic (exact) mass is 374 g/mol. The second kappa shape index (κ2) is 7.56. The summed E-state index contributed by atoms with van der Waals surface area (Å²) in [5.41, 5.74) is 10.9. The molecule has 0 saturated carbocycles. The van der Waals surface area contributed by atoms with Crippen LogP contribution >= 0.6 is 0 Å². The van der Waals surface area contributed by atoms with Crippen LogP contribution < -0.4 is 10.6 Å². The van der Waals surface area contributed by atoms with Gasteiger partial charge in [0.05, 0.1) is 5.69 Å². The van der Waals surface area contributed by atoms with Gasteiger partial charge in [0.1, 0.15) is 5.82 Å². The van der Waals surface area contributed by atoms with Crippen LogP contribution in [0.1, 0.15) is 12.0 Å². The fraction of sp³-hybridized carbons (Fsp3) is 0.318. The Morgan fingerprint density at radius 3 is 2.39 bits per heavy atom. The number of likely N-dealkylation sites (N-methyl/N-ethyl adjacent to an activating group) is 1. The summed E-state index contributed by atoms with van der Waals surface area (Å²) >= 11 is 0. The van der Waals surface area contributed by atoms with Gasteiger partial charge in [0.2, 0.25) is 5.95 Å². The van der Waals surface area contributed by atoms with Gasteiger partial charge in [-0.3, -0.25) is 0 Å². The summed E-state index contributed by atoms with van der Waals surface area (Å²) in [6, 6.07) is 12.8. The highest BCUT2D eigenvalue weighted by atomic mass is 15.3. The zero-order valence-corrected chi connectivity index (χ0v) is 16.6. The first-order chi connectivity index (χ1) is 13.5. The van der Waals surface area contributed by atoms with Crippen molar-refractivity contribution >= 4 is 11.8 Å². The average Bonchev–Trinajstić information content (AvgIpc) is 3.20. The molecule has 28 heavy (non-hydrogen) atoms. The Bertz CT molecular complexity index is 950. The summed E-state index contributed by atoms with van der Waals surface area (Å²) in [5.74, 6) is 1.29. The zero-order valence-electron chi connectivity index (χ0n) is 16.6. The van der Waals surface area contributed by atoms with E-state index in [9.17, 15) is 0 Å². The van der Waals surface area contributed by atoms with E-state index in [1.165, 1.54) is 5.56 Å². The molecule has 0 aliphatic carbocycles. The van der Waals surface area contributed by atoms with Crippen molar-refractivity contribution in [3.63, 3.8) is 0 Å². The maximum Gasteiger partial charge on any atom is 0.225 e. The number of rotatable bonds is 4. The molecule has 1 aliphatic rings. The normalized spacial score (nSPS) is 16.7. The van der Waals surface area contributed by atoms with Crippen molar-refractivity contribution in [3.05, 3.63) is 54.4 Å². The first kappa shape index (κ1) is 18.4.